The molecule has 1 aromatic carbocycles. The molecule has 1 aliphatic rings. The summed E-state index contributed by atoms with van der Waals surface area (Å²) in [4.78, 5) is 25.7. The molecular weight excluding hydrogens is 278 g/mol. The maximum absolute atomic E-state index is 12.2. The van der Waals surface area contributed by atoms with Gasteiger partial charge in [0.25, 0.3) is 11.7 Å². The fraction of sp³-hybridized carbons (Fsp3) is 0.429. The van der Waals surface area contributed by atoms with Crippen LogP contribution >= 0.6 is 0 Å². The van der Waals surface area contributed by atoms with Crippen LogP contribution in [-0.4, -0.2) is 53.3 Å². The summed E-state index contributed by atoms with van der Waals surface area (Å²) in [6.07, 6.45) is 0. The van der Waals surface area contributed by atoms with Gasteiger partial charge in [-0.2, -0.15) is 0 Å². The molecule has 0 saturated heterocycles. The molecule has 0 radical (unpaired) electrons. The Balaban J connectivity index is 2.63. The molecule has 7 heteroatoms. The molecule has 114 valence electrons. The first kappa shape index (κ1) is 15.1. The molecule has 0 atom stereocenters. The number of Topliss-reactive ketones (excluding diaryl/α,β-unsaturated/α-hetero) is 1. The van der Waals surface area contributed by atoms with E-state index in [1.165, 1.54) is 33.3 Å². The van der Waals surface area contributed by atoms with Gasteiger partial charge in [0.05, 0.1) is 39.2 Å². The summed E-state index contributed by atoms with van der Waals surface area (Å²) in [5.74, 6) is -0.369. The zero-order chi connectivity index (χ0) is 15.6. The molecule has 0 fully saturated rings. The molecule has 2 rings (SSSR count). The van der Waals surface area contributed by atoms with Crippen molar-refractivity contribution < 1.29 is 28.5 Å². The fourth-order valence-electron chi connectivity index (χ4n) is 2.32. The van der Waals surface area contributed by atoms with Crippen LogP contribution in [0.2, 0.25) is 0 Å². The molecule has 1 amide bonds. The smallest absolute Gasteiger partial charge is 0.299 e. The predicted molar refractivity (Wildman–Crippen MR) is 74.7 cm³/mol. The van der Waals surface area contributed by atoms with Crippen molar-refractivity contribution in [3.63, 3.8) is 0 Å². The number of methoxy groups -OCH3 is 4. The summed E-state index contributed by atoms with van der Waals surface area (Å²) >= 11 is 0. The van der Waals surface area contributed by atoms with E-state index in [9.17, 15) is 9.59 Å². The Labute approximate surface area is 122 Å². The molecule has 0 bridgehead atoms. The number of hydrogen-bond donors (Lipinski definition) is 0. The molecule has 0 spiro atoms. The Kier molecular flexibility index (Phi) is 4.32. The molecule has 1 aliphatic heterocycles. The second-order valence-corrected chi connectivity index (χ2v) is 4.32. The van der Waals surface area contributed by atoms with E-state index >= 15 is 0 Å². The van der Waals surface area contributed by atoms with E-state index in [2.05, 4.69) is 0 Å². The summed E-state index contributed by atoms with van der Waals surface area (Å²) in [5, 5.41) is 0. The highest BCUT2D eigenvalue weighted by Crippen LogP contribution is 2.47. The standard InChI is InChI=1S/C14H17NO6/c1-18-6-5-15-8-7-9(19-2)12(20-3)13(21-4)10(8)11(16)14(15)17/h7H,5-6H2,1-4H3. The predicted octanol–water partition coefficient (Wildman–Crippen LogP) is 0.888. The molecule has 21 heavy (non-hydrogen) atoms. The van der Waals surface area contributed by atoms with Gasteiger partial charge >= 0.3 is 0 Å². The maximum atomic E-state index is 12.2. The molecule has 1 heterocycles. The Morgan fingerprint density at radius 3 is 2.19 bits per heavy atom. The van der Waals surface area contributed by atoms with E-state index in [0.29, 0.717) is 18.0 Å². The SMILES string of the molecule is COCCN1C(=O)C(=O)c2c1cc(OC)c(OC)c2OC. The van der Waals surface area contributed by atoms with Crippen LogP contribution in [0, 0.1) is 0 Å². The normalized spacial score (nSPS) is 13.4. The number of hydrogen-bond acceptors (Lipinski definition) is 6. The van der Waals surface area contributed by atoms with Crippen LogP contribution in [-0.2, 0) is 9.53 Å². The lowest BCUT2D eigenvalue weighted by atomic mass is 10.1. The number of ether oxygens (including phenoxy) is 4. The molecule has 0 saturated carbocycles. The van der Waals surface area contributed by atoms with E-state index < -0.39 is 11.7 Å². The highest BCUT2D eigenvalue weighted by atomic mass is 16.5. The molecular formula is C14H17NO6. The lowest BCUT2D eigenvalue weighted by Gasteiger charge is -2.19. The van der Waals surface area contributed by atoms with Crippen molar-refractivity contribution in [2.75, 3.05) is 46.5 Å². The number of carbonyl (C=O) groups excluding carboxylic acids is 2. The van der Waals surface area contributed by atoms with E-state index in [1.54, 1.807) is 6.07 Å². The van der Waals surface area contributed by atoms with Crippen molar-refractivity contribution in [3.8, 4) is 17.2 Å². The number of amides is 1. The second-order valence-electron chi connectivity index (χ2n) is 4.32. The van der Waals surface area contributed by atoms with E-state index in [1.807, 2.05) is 0 Å². The van der Waals surface area contributed by atoms with Crippen LogP contribution in [0.15, 0.2) is 6.07 Å². The largest absolute Gasteiger partial charge is 0.493 e. The Morgan fingerprint density at radius 2 is 1.67 bits per heavy atom. The van der Waals surface area contributed by atoms with Crippen LogP contribution in [0.25, 0.3) is 0 Å². The highest BCUT2D eigenvalue weighted by molar-refractivity contribution is 6.53. The number of ketones is 1. The average Bonchev–Trinajstić information content (AvgIpc) is 2.74. The zero-order valence-corrected chi connectivity index (χ0v) is 12.4. The maximum Gasteiger partial charge on any atom is 0.299 e. The van der Waals surface area contributed by atoms with Crippen LogP contribution in [0.4, 0.5) is 5.69 Å². The third kappa shape index (κ3) is 2.29. The van der Waals surface area contributed by atoms with Gasteiger partial charge in [-0.25, -0.2) is 0 Å². The monoisotopic (exact) mass is 295 g/mol. The van der Waals surface area contributed by atoms with Gasteiger partial charge in [0, 0.05) is 19.7 Å². The van der Waals surface area contributed by atoms with Gasteiger partial charge < -0.3 is 23.8 Å². The summed E-state index contributed by atoms with van der Waals surface area (Å²) in [6, 6.07) is 1.59. The molecule has 0 aliphatic carbocycles. The number of nitrogens with zero attached hydrogens (tertiary/aromatic N) is 1. The first-order valence-electron chi connectivity index (χ1n) is 6.28. The summed E-state index contributed by atoms with van der Waals surface area (Å²) < 4.78 is 20.7. The molecule has 1 aromatic rings. The van der Waals surface area contributed by atoms with Gasteiger partial charge in [0.1, 0.15) is 0 Å². The highest BCUT2D eigenvalue weighted by Gasteiger charge is 2.40. The Bertz CT molecular complexity index is 583. The van der Waals surface area contributed by atoms with E-state index in [0.717, 1.165) is 0 Å². The minimum atomic E-state index is -0.626. The van der Waals surface area contributed by atoms with Crippen LogP contribution < -0.4 is 19.1 Å². The topological polar surface area (TPSA) is 74.3 Å². The van der Waals surface area contributed by atoms with Gasteiger partial charge in [-0.15, -0.1) is 0 Å². The summed E-state index contributed by atoms with van der Waals surface area (Å²) in [5.41, 5.74) is 0.632. The van der Waals surface area contributed by atoms with E-state index in [4.69, 9.17) is 18.9 Å². The third-order valence-electron chi connectivity index (χ3n) is 3.29. The number of carbonyl (C=O) groups is 2. The van der Waals surface area contributed by atoms with Crippen LogP contribution in [0.5, 0.6) is 17.2 Å². The zero-order valence-electron chi connectivity index (χ0n) is 12.4. The minimum Gasteiger partial charge on any atom is -0.493 e. The number of anilines is 1. The molecule has 0 N–H and O–H groups in total. The quantitative estimate of drug-likeness (QED) is 0.726. The molecule has 7 nitrogen and oxygen atoms in total. The number of rotatable bonds is 6. The summed E-state index contributed by atoms with van der Waals surface area (Å²) in [6.45, 7) is 0.585. The molecule has 0 unspecified atom stereocenters. The van der Waals surface area contributed by atoms with Crippen LogP contribution in [0.3, 0.4) is 0 Å². The first-order valence-corrected chi connectivity index (χ1v) is 6.28. The van der Waals surface area contributed by atoms with Crippen molar-refractivity contribution in [2.24, 2.45) is 0 Å². The van der Waals surface area contributed by atoms with Crippen molar-refractivity contribution in [1.82, 2.24) is 0 Å². The summed E-state index contributed by atoms with van der Waals surface area (Å²) in [7, 11) is 5.85. The fourth-order valence-corrected chi connectivity index (χ4v) is 2.32. The average molecular weight is 295 g/mol. The Morgan fingerprint density at radius 1 is 1.00 bits per heavy atom. The van der Waals surface area contributed by atoms with Gasteiger partial charge in [-0.3, -0.25) is 9.59 Å². The Hall–Kier alpha value is -2.28. The van der Waals surface area contributed by atoms with Crippen molar-refractivity contribution in [3.05, 3.63) is 11.6 Å². The van der Waals surface area contributed by atoms with Crippen LogP contribution in [0.1, 0.15) is 10.4 Å². The van der Waals surface area contributed by atoms with Crippen molar-refractivity contribution in [2.45, 2.75) is 0 Å². The lowest BCUT2D eigenvalue weighted by molar-refractivity contribution is -0.114. The van der Waals surface area contributed by atoms with Gasteiger partial charge in [-0.1, -0.05) is 0 Å². The third-order valence-corrected chi connectivity index (χ3v) is 3.29. The van der Waals surface area contributed by atoms with Gasteiger partial charge in [0.15, 0.2) is 11.5 Å². The first-order chi connectivity index (χ1) is 10.1. The van der Waals surface area contributed by atoms with Crippen molar-refractivity contribution >= 4 is 17.4 Å². The van der Waals surface area contributed by atoms with Gasteiger partial charge in [-0.05, 0) is 0 Å². The number of benzene rings is 1. The molecule has 0 aromatic heterocycles. The lowest BCUT2D eigenvalue weighted by Crippen LogP contribution is -2.32. The van der Waals surface area contributed by atoms with Crippen molar-refractivity contribution in [1.29, 1.82) is 0 Å². The second kappa shape index (κ2) is 6.01. The minimum absolute atomic E-state index is 0.191. The number of fused-ring (bicyclic) bond motifs is 1. The van der Waals surface area contributed by atoms with E-state index in [-0.39, 0.29) is 23.6 Å². The van der Waals surface area contributed by atoms with Gasteiger partial charge in [0.2, 0.25) is 5.75 Å².